The highest BCUT2D eigenvalue weighted by Crippen LogP contribution is 2.51. The zero-order valence-corrected chi connectivity index (χ0v) is 27.2. The quantitative estimate of drug-likeness (QED) is 0.136. The van der Waals surface area contributed by atoms with Gasteiger partial charge in [-0.1, -0.05) is 78.9 Å². The smallest absolute Gasteiger partial charge is 0.416 e. The molecule has 4 aromatic rings. The lowest BCUT2D eigenvalue weighted by molar-refractivity contribution is -0.151. The van der Waals surface area contributed by atoms with Crippen molar-refractivity contribution in [2.45, 2.75) is 55.9 Å². The van der Waals surface area contributed by atoms with E-state index in [2.05, 4.69) is 10.6 Å². The molecule has 0 bridgehead atoms. The Hall–Kier alpha value is -5.13. The van der Waals surface area contributed by atoms with Gasteiger partial charge in [0.05, 0.1) is 18.1 Å². The molecule has 2 aliphatic carbocycles. The first-order valence-electron chi connectivity index (χ1n) is 16.6. The summed E-state index contributed by atoms with van der Waals surface area (Å²) < 4.78 is 84.3. The first-order chi connectivity index (χ1) is 24.3. The van der Waals surface area contributed by atoms with Gasteiger partial charge in [-0.2, -0.15) is 26.3 Å². The molecule has 0 aromatic heterocycles. The van der Waals surface area contributed by atoms with Crippen LogP contribution in [0, 0.1) is 5.92 Å². The van der Waals surface area contributed by atoms with Gasteiger partial charge in [-0.25, -0.2) is 0 Å². The van der Waals surface area contributed by atoms with Crippen LogP contribution in [0.2, 0.25) is 0 Å². The molecule has 0 aliphatic heterocycles. The Kier molecular flexibility index (Phi) is 9.97. The van der Waals surface area contributed by atoms with E-state index in [1.165, 1.54) is 12.1 Å². The number of benzene rings is 4. The van der Waals surface area contributed by atoms with Crippen molar-refractivity contribution in [1.82, 2.24) is 10.6 Å². The molecule has 2 amide bonds. The summed E-state index contributed by atoms with van der Waals surface area (Å²) in [5, 5.41) is 5.05. The highest BCUT2D eigenvalue weighted by Gasteiger charge is 2.49. The molecular weight excluding hydrogens is 674 g/mol. The third-order valence-electron chi connectivity index (χ3n) is 9.71. The minimum Gasteiger partial charge on any atom is -0.465 e. The monoisotopic (exact) mass is 708 g/mol. The van der Waals surface area contributed by atoms with Crippen LogP contribution in [0.5, 0.6) is 0 Å². The first kappa shape index (κ1) is 35.7. The maximum Gasteiger partial charge on any atom is 0.416 e. The third kappa shape index (κ3) is 7.50. The molecule has 0 heterocycles. The molecular formula is C39H34F6N2O4. The van der Waals surface area contributed by atoms with Crippen LogP contribution in [0.3, 0.4) is 0 Å². The van der Waals surface area contributed by atoms with E-state index >= 15 is 0 Å². The van der Waals surface area contributed by atoms with Crippen LogP contribution in [0.1, 0.15) is 59.2 Å². The summed E-state index contributed by atoms with van der Waals surface area (Å²) in [6.45, 7) is -1.71. The lowest BCUT2D eigenvalue weighted by Gasteiger charge is -2.31. The maximum absolute atomic E-state index is 13.7. The molecule has 0 unspecified atom stereocenters. The number of hydrogen-bond donors (Lipinski definition) is 2. The number of halogens is 6. The average Bonchev–Trinajstić information content (AvgIpc) is 3.40. The predicted octanol–water partition coefficient (Wildman–Crippen LogP) is 8.24. The Morgan fingerprint density at radius 1 is 0.706 bits per heavy atom. The van der Waals surface area contributed by atoms with Crippen molar-refractivity contribution in [3.8, 4) is 22.3 Å². The molecule has 51 heavy (non-hydrogen) atoms. The van der Waals surface area contributed by atoms with Crippen LogP contribution in [-0.4, -0.2) is 43.2 Å². The zero-order chi connectivity index (χ0) is 36.4. The fraction of sp³-hybridized carbons (Fsp3) is 0.308. The lowest BCUT2D eigenvalue weighted by Crippen LogP contribution is -2.47. The summed E-state index contributed by atoms with van der Waals surface area (Å²) in [6.07, 6.45) is -7.40. The maximum atomic E-state index is 13.7. The summed E-state index contributed by atoms with van der Waals surface area (Å²) in [5.41, 5.74) is 1.49. The van der Waals surface area contributed by atoms with Crippen LogP contribution in [0.25, 0.3) is 22.3 Å². The number of nitrogens with one attached hydrogen (secondary N) is 2. The Morgan fingerprint density at radius 3 is 1.82 bits per heavy atom. The van der Waals surface area contributed by atoms with Gasteiger partial charge >= 0.3 is 18.3 Å². The standard InChI is InChI=1S/C39H34F6N2O4/c40-38(41,42)23-46-36(50)37(32-11-5-3-8-29(32)30-9-4-6-12-33(30)37)21-22-51-35(49)25-15-19-27(20-16-25)47-34(48)31-10-2-1-7-28(31)24-13-17-26(18-14-24)39(43,44)45/h1-14,17-18,25,27H,15-16,19-23H2,(H,46,50)(H,47,48)/t25-,27+. The largest absolute Gasteiger partial charge is 0.465 e. The number of alkyl halides is 6. The number of carbonyl (C=O) groups excluding carboxylic acids is 3. The number of rotatable bonds is 9. The second-order valence-corrected chi connectivity index (χ2v) is 12.9. The number of fused-ring (bicyclic) bond motifs is 3. The van der Waals surface area contributed by atoms with Gasteiger partial charge in [-0.05, 0) is 77.3 Å². The van der Waals surface area contributed by atoms with Crippen molar-refractivity contribution in [3.05, 3.63) is 119 Å². The molecule has 1 fully saturated rings. The van der Waals surface area contributed by atoms with Crippen molar-refractivity contribution < 1.29 is 45.5 Å². The van der Waals surface area contributed by atoms with Crippen molar-refractivity contribution in [1.29, 1.82) is 0 Å². The Balaban J connectivity index is 1.08. The molecule has 0 saturated heterocycles. The van der Waals surface area contributed by atoms with Crippen LogP contribution >= 0.6 is 0 Å². The van der Waals surface area contributed by atoms with Gasteiger partial charge in [0.15, 0.2) is 0 Å². The normalized spacial score (nSPS) is 17.9. The van der Waals surface area contributed by atoms with E-state index in [9.17, 15) is 40.7 Å². The highest BCUT2D eigenvalue weighted by molar-refractivity contribution is 6.01. The van der Waals surface area contributed by atoms with Gasteiger partial charge < -0.3 is 15.4 Å². The molecule has 0 radical (unpaired) electrons. The molecule has 6 nitrogen and oxygen atoms in total. The van der Waals surface area contributed by atoms with E-state index in [1.807, 2.05) is 12.1 Å². The molecule has 4 aromatic carbocycles. The zero-order valence-electron chi connectivity index (χ0n) is 27.2. The second-order valence-electron chi connectivity index (χ2n) is 12.9. The van der Waals surface area contributed by atoms with Crippen molar-refractivity contribution in [2.24, 2.45) is 5.92 Å². The van der Waals surface area contributed by atoms with E-state index in [0.717, 1.165) is 23.3 Å². The summed E-state index contributed by atoms with van der Waals surface area (Å²) in [7, 11) is 0. The summed E-state index contributed by atoms with van der Waals surface area (Å²) in [4.78, 5) is 40.2. The Morgan fingerprint density at radius 2 is 1.25 bits per heavy atom. The van der Waals surface area contributed by atoms with E-state index in [-0.39, 0.29) is 25.0 Å². The number of ether oxygens (including phenoxy) is 1. The van der Waals surface area contributed by atoms with Crippen LogP contribution in [0.4, 0.5) is 26.3 Å². The van der Waals surface area contributed by atoms with Crippen molar-refractivity contribution in [3.63, 3.8) is 0 Å². The lowest BCUT2D eigenvalue weighted by atomic mass is 9.74. The topological polar surface area (TPSA) is 84.5 Å². The fourth-order valence-electron chi connectivity index (χ4n) is 7.22. The molecule has 12 heteroatoms. The minimum atomic E-state index is -4.62. The summed E-state index contributed by atoms with van der Waals surface area (Å²) >= 11 is 0. The molecule has 1 saturated carbocycles. The van der Waals surface area contributed by atoms with Crippen LogP contribution in [0.15, 0.2) is 97.1 Å². The SMILES string of the molecule is O=C(N[C@H]1CC[C@@H](C(=O)OCCC2(C(=O)NCC(F)(F)F)c3ccccc3-c3ccccc32)CC1)c1ccccc1-c1ccc(C(F)(F)F)cc1. The van der Waals surface area contributed by atoms with Gasteiger partial charge in [0.1, 0.15) is 12.0 Å². The number of hydrogen-bond acceptors (Lipinski definition) is 4. The van der Waals surface area contributed by atoms with Gasteiger partial charge in [-0.3, -0.25) is 14.4 Å². The van der Waals surface area contributed by atoms with Crippen molar-refractivity contribution in [2.75, 3.05) is 13.2 Å². The van der Waals surface area contributed by atoms with Crippen molar-refractivity contribution >= 4 is 17.8 Å². The predicted molar refractivity (Wildman–Crippen MR) is 177 cm³/mol. The molecule has 6 rings (SSSR count). The Bertz CT molecular complexity index is 1870. The molecule has 2 N–H and O–H groups in total. The van der Waals surface area contributed by atoms with E-state index in [1.54, 1.807) is 60.7 Å². The van der Waals surface area contributed by atoms with Crippen LogP contribution < -0.4 is 10.6 Å². The second kappa shape index (κ2) is 14.2. The first-order valence-corrected chi connectivity index (χ1v) is 16.6. The van der Waals surface area contributed by atoms with Crippen LogP contribution in [-0.2, 0) is 25.9 Å². The molecule has 0 spiro atoms. The van der Waals surface area contributed by atoms with Gasteiger partial charge in [-0.15, -0.1) is 0 Å². The molecule has 266 valence electrons. The van der Waals surface area contributed by atoms with E-state index in [4.69, 9.17) is 4.74 Å². The molecule has 2 aliphatic rings. The molecule has 0 atom stereocenters. The van der Waals surface area contributed by atoms with Gasteiger partial charge in [0, 0.05) is 18.0 Å². The highest BCUT2D eigenvalue weighted by atomic mass is 19.4. The fourth-order valence-corrected chi connectivity index (χ4v) is 7.22. The minimum absolute atomic E-state index is 0.0692. The van der Waals surface area contributed by atoms with Gasteiger partial charge in [0.25, 0.3) is 5.91 Å². The van der Waals surface area contributed by atoms with Gasteiger partial charge in [0.2, 0.25) is 5.91 Å². The third-order valence-corrected chi connectivity index (χ3v) is 9.71. The summed E-state index contributed by atoms with van der Waals surface area (Å²) in [6, 6.07) is 25.0. The Labute approximate surface area is 290 Å². The van der Waals surface area contributed by atoms with E-state index < -0.39 is 47.7 Å². The average molecular weight is 709 g/mol. The summed E-state index contributed by atoms with van der Waals surface area (Å²) in [5.74, 6) is -2.18. The van der Waals surface area contributed by atoms with E-state index in [0.29, 0.717) is 53.5 Å². The number of carbonyl (C=O) groups is 3. The number of amides is 2. The number of esters is 1.